The van der Waals surface area contributed by atoms with E-state index >= 15 is 0 Å². The maximum atomic E-state index is 11.8. The summed E-state index contributed by atoms with van der Waals surface area (Å²) in [6, 6.07) is 3.93. The number of carbonyl (C=O) groups is 2. The average molecular weight is 467 g/mol. The molecule has 0 aliphatic rings. The summed E-state index contributed by atoms with van der Waals surface area (Å²) in [6.07, 6.45) is 15.0. The highest BCUT2D eigenvalue weighted by atomic mass is 35.5. The third-order valence-corrected chi connectivity index (χ3v) is 5.38. The summed E-state index contributed by atoms with van der Waals surface area (Å²) in [5.41, 5.74) is 2.44. The Balaban J connectivity index is 2.10. The van der Waals surface area contributed by atoms with Crippen LogP contribution >= 0.6 is 11.6 Å². The predicted octanol–water partition coefficient (Wildman–Crippen LogP) is 5.52. The minimum atomic E-state index is -0.544. The molecule has 0 aliphatic heterocycles. The summed E-state index contributed by atoms with van der Waals surface area (Å²) < 4.78 is 0. The van der Waals surface area contributed by atoms with Crippen molar-refractivity contribution < 1.29 is 14.5 Å². The number of nitro groups is 1. The number of hydrogen-bond acceptors (Lipinski definition) is 5. The fourth-order valence-electron chi connectivity index (χ4n) is 3.17. The third kappa shape index (κ3) is 13.0. The van der Waals surface area contributed by atoms with Crippen molar-refractivity contribution >= 4 is 35.3 Å². The Kier molecular flexibility index (Phi) is 14.7. The Labute approximate surface area is 195 Å². The van der Waals surface area contributed by atoms with Crippen LogP contribution in [-0.4, -0.2) is 29.5 Å². The molecule has 32 heavy (non-hydrogen) atoms. The molecular weight excluding hydrogens is 432 g/mol. The maximum Gasteiger partial charge on any atom is 0.270 e. The first-order chi connectivity index (χ1) is 15.4. The van der Waals surface area contributed by atoms with Crippen molar-refractivity contribution in [2.24, 2.45) is 5.10 Å². The Bertz CT molecular complexity index is 756. The van der Waals surface area contributed by atoms with Crippen molar-refractivity contribution in [2.75, 3.05) is 6.54 Å². The smallest absolute Gasteiger partial charge is 0.270 e. The van der Waals surface area contributed by atoms with Gasteiger partial charge in [0.1, 0.15) is 0 Å². The van der Waals surface area contributed by atoms with Gasteiger partial charge in [-0.15, -0.1) is 0 Å². The van der Waals surface area contributed by atoms with Gasteiger partial charge in [-0.05, 0) is 12.5 Å². The van der Waals surface area contributed by atoms with Crippen LogP contribution in [0.1, 0.15) is 89.5 Å². The highest BCUT2D eigenvalue weighted by Crippen LogP contribution is 2.20. The topological polar surface area (TPSA) is 114 Å². The molecule has 0 aromatic heterocycles. The molecular formula is C23H35ClN4O4. The number of hydrogen-bond donors (Lipinski definition) is 2. The molecule has 0 spiro atoms. The van der Waals surface area contributed by atoms with Crippen LogP contribution in [-0.2, 0) is 9.59 Å². The highest BCUT2D eigenvalue weighted by molar-refractivity contribution is 6.33. The van der Waals surface area contributed by atoms with Crippen molar-refractivity contribution in [1.29, 1.82) is 0 Å². The summed E-state index contributed by atoms with van der Waals surface area (Å²) in [5.74, 6) is -0.656. The molecule has 0 saturated heterocycles. The molecule has 1 rings (SSSR count). The standard InChI is InChI=1S/C23H35ClN4O4/c1-2-3-4-5-6-7-8-9-10-11-12-13-22(29)25-18-23(30)27-26-17-19-16-20(28(31)32)14-15-21(19)24/h14-17H,2-13,18H2,1H3,(H,25,29)(H,27,30)/b26-17-. The van der Waals surface area contributed by atoms with E-state index in [1.165, 1.54) is 75.8 Å². The summed E-state index contributed by atoms with van der Waals surface area (Å²) in [6.45, 7) is 2.04. The first-order valence-corrected chi connectivity index (χ1v) is 11.8. The van der Waals surface area contributed by atoms with E-state index in [-0.39, 0.29) is 23.2 Å². The Morgan fingerprint density at radius 3 is 2.19 bits per heavy atom. The minimum absolute atomic E-state index is 0.128. The molecule has 0 radical (unpaired) electrons. The first-order valence-electron chi connectivity index (χ1n) is 11.5. The summed E-state index contributed by atoms with van der Waals surface area (Å²) in [5, 5.41) is 17.4. The number of nitrogens with one attached hydrogen (secondary N) is 2. The number of nitro benzene ring substituents is 1. The second kappa shape index (κ2) is 17.1. The number of amides is 2. The van der Waals surface area contributed by atoms with Gasteiger partial charge in [-0.1, -0.05) is 82.7 Å². The lowest BCUT2D eigenvalue weighted by Crippen LogP contribution is -2.34. The number of unbranched alkanes of at least 4 members (excludes halogenated alkanes) is 10. The van der Waals surface area contributed by atoms with E-state index in [0.29, 0.717) is 12.0 Å². The molecule has 178 valence electrons. The van der Waals surface area contributed by atoms with Crippen LogP contribution in [0.2, 0.25) is 5.02 Å². The van der Waals surface area contributed by atoms with Crippen LogP contribution in [0.3, 0.4) is 0 Å². The molecule has 0 atom stereocenters. The van der Waals surface area contributed by atoms with Crippen molar-refractivity contribution in [2.45, 2.75) is 84.0 Å². The molecule has 9 heteroatoms. The van der Waals surface area contributed by atoms with Crippen LogP contribution in [0.15, 0.2) is 23.3 Å². The molecule has 2 N–H and O–H groups in total. The molecule has 0 heterocycles. The number of hydrazone groups is 1. The molecule has 0 unspecified atom stereocenters. The number of nitrogens with zero attached hydrogens (tertiary/aromatic N) is 2. The number of rotatable bonds is 17. The molecule has 1 aromatic rings. The molecule has 0 aliphatic carbocycles. The van der Waals surface area contributed by atoms with E-state index in [0.717, 1.165) is 19.3 Å². The lowest BCUT2D eigenvalue weighted by molar-refractivity contribution is -0.384. The summed E-state index contributed by atoms with van der Waals surface area (Å²) in [4.78, 5) is 33.9. The quantitative estimate of drug-likeness (QED) is 0.136. The summed E-state index contributed by atoms with van der Waals surface area (Å²) in [7, 11) is 0. The monoisotopic (exact) mass is 466 g/mol. The van der Waals surface area contributed by atoms with Crippen LogP contribution in [0.25, 0.3) is 0 Å². The zero-order valence-electron chi connectivity index (χ0n) is 18.9. The van der Waals surface area contributed by atoms with Crippen molar-refractivity contribution in [3.8, 4) is 0 Å². The lowest BCUT2D eigenvalue weighted by atomic mass is 10.1. The van der Waals surface area contributed by atoms with Crippen LogP contribution in [0, 0.1) is 10.1 Å². The SMILES string of the molecule is CCCCCCCCCCCCCC(=O)NCC(=O)N/N=C\c1cc([N+](=O)[O-])ccc1Cl. The fourth-order valence-corrected chi connectivity index (χ4v) is 3.34. The average Bonchev–Trinajstić information content (AvgIpc) is 2.77. The van der Waals surface area contributed by atoms with E-state index in [1.54, 1.807) is 0 Å². The Morgan fingerprint density at radius 2 is 1.59 bits per heavy atom. The van der Waals surface area contributed by atoms with Gasteiger partial charge in [-0.3, -0.25) is 19.7 Å². The van der Waals surface area contributed by atoms with Gasteiger partial charge in [-0.25, -0.2) is 5.43 Å². The van der Waals surface area contributed by atoms with Crippen LogP contribution < -0.4 is 10.7 Å². The van der Waals surface area contributed by atoms with E-state index in [2.05, 4.69) is 22.8 Å². The van der Waals surface area contributed by atoms with Gasteiger partial charge in [0.2, 0.25) is 5.91 Å². The molecule has 1 aromatic carbocycles. The van der Waals surface area contributed by atoms with Crippen molar-refractivity contribution in [3.63, 3.8) is 0 Å². The van der Waals surface area contributed by atoms with Crippen LogP contribution in [0.5, 0.6) is 0 Å². The highest BCUT2D eigenvalue weighted by Gasteiger charge is 2.09. The largest absolute Gasteiger partial charge is 0.347 e. The molecule has 0 bridgehead atoms. The van der Waals surface area contributed by atoms with E-state index in [1.807, 2.05) is 0 Å². The Morgan fingerprint density at radius 1 is 1.00 bits per heavy atom. The summed E-state index contributed by atoms with van der Waals surface area (Å²) >= 11 is 5.95. The van der Waals surface area contributed by atoms with Crippen LogP contribution in [0.4, 0.5) is 5.69 Å². The number of non-ortho nitro benzene ring substituents is 1. The van der Waals surface area contributed by atoms with E-state index in [4.69, 9.17) is 11.6 Å². The van der Waals surface area contributed by atoms with Gasteiger partial charge in [0.25, 0.3) is 11.6 Å². The molecule has 2 amide bonds. The lowest BCUT2D eigenvalue weighted by Gasteiger charge is -2.05. The van der Waals surface area contributed by atoms with E-state index < -0.39 is 10.8 Å². The van der Waals surface area contributed by atoms with Gasteiger partial charge >= 0.3 is 0 Å². The first kappa shape index (κ1) is 27.6. The van der Waals surface area contributed by atoms with Gasteiger partial charge in [-0.2, -0.15) is 5.10 Å². The maximum absolute atomic E-state index is 11.8. The molecule has 0 fully saturated rings. The molecule has 8 nitrogen and oxygen atoms in total. The predicted molar refractivity (Wildman–Crippen MR) is 128 cm³/mol. The zero-order valence-corrected chi connectivity index (χ0v) is 19.7. The second-order valence-corrected chi connectivity index (χ2v) is 8.23. The number of halogens is 1. The number of carbonyl (C=O) groups excluding carboxylic acids is 2. The minimum Gasteiger partial charge on any atom is -0.347 e. The van der Waals surface area contributed by atoms with Gasteiger partial charge < -0.3 is 5.32 Å². The Hall–Kier alpha value is -2.48. The zero-order chi connectivity index (χ0) is 23.6. The third-order valence-electron chi connectivity index (χ3n) is 5.04. The van der Waals surface area contributed by atoms with Gasteiger partial charge in [0.05, 0.1) is 17.7 Å². The van der Waals surface area contributed by atoms with E-state index in [9.17, 15) is 19.7 Å². The van der Waals surface area contributed by atoms with Crippen molar-refractivity contribution in [1.82, 2.24) is 10.7 Å². The fraction of sp³-hybridized carbons (Fsp3) is 0.609. The number of benzene rings is 1. The second-order valence-electron chi connectivity index (χ2n) is 7.82. The van der Waals surface area contributed by atoms with Crippen molar-refractivity contribution in [3.05, 3.63) is 38.9 Å². The van der Waals surface area contributed by atoms with Gasteiger partial charge in [0, 0.05) is 29.1 Å². The van der Waals surface area contributed by atoms with Gasteiger partial charge in [0.15, 0.2) is 0 Å². The normalized spacial score (nSPS) is 10.9. The molecule has 0 saturated carbocycles.